The van der Waals surface area contributed by atoms with Gasteiger partial charge in [0.25, 0.3) is 5.91 Å². The molecule has 1 fully saturated rings. The molecule has 6 nitrogen and oxygen atoms in total. The van der Waals surface area contributed by atoms with E-state index < -0.39 is 23.8 Å². The second-order valence-electron chi connectivity index (χ2n) is 3.96. The third-order valence-electron chi connectivity index (χ3n) is 2.62. The molecule has 1 heterocycles. The van der Waals surface area contributed by atoms with Crippen LogP contribution in [0.25, 0.3) is 0 Å². The predicted octanol–water partition coefficient (Wildman–Crippen LogP) is 0.0408. The van der Waals surface area contributed by atoms with E-state index >= 15 is 0 Å². The van der Waals surface area contributed by atoms with Crippen LogP contribution in [0.2, 0.25) is 0 Å². The molecule has 0 unspecified atom stereocenters. The minimum absolute atomic E-state index is 0. The van der Waals surface area contributed by atoms with Gasteiger partial charge in [0.15, 0.2) is 5.91 Å². The number of aliphatic hydroxyl groups is 1. The van der Waals surface area contributed by atoms with Crippen molar-refractivity contribution >= 4 is 11.8 Å². The molecular formula is C10H17N2O4Y-. The largest absolute Gasteiger partial charge is 0.565 e. The average Bonchev–Trinajstić information content (AvgIpc) is 2.43. The number of nitrogens with zero attached hydrogens (tertiary/aromatic N) is 1. The number of aliphatic hydroxyl groups excluding tert-OH is 1. The normalized spacial score (nSPS) is 22.4. The molecule has 0 aromatic carbocycles. The first-order chi connectivity index (χ1) is 7.56. The van der Waals surface area contributed by atoms with Crippen molar-refractivity contribution in [3.63, 3.8) is 0 Å². The summed E-state index contributed by atoms with van der Waals surface area (Å²) in [5.74, 6) is -1.57. The van der Waals surface area contributed by atoms with E-state index in [1.165, 1.54) is 6.92 Å². The molecule has 17 heavy (non-hydrogen) atoms. The topological polar surface area (TPSA) is 89.9 Å². The molecule has 3 N–H and O–H groups in total. The van der Waals surface area contributed by atoms with Crippen LogP contribution in [0.5, 0.6) is 0 Å². The maximum Gasteiger partial charge on any atom is 0.268 e. The molecule has 1 aliphatic rings. The zero-order valence-corrected chi connectivity index (χ0v) is 12.6. The molecule has 0 spiro atoms. The van der Waals surface area contributed by atoms with Gasteiger partial charge in [0.1, 0.15) is 6.04 Å². The Bertz CT molecular complexity index is 275. The van der Waals surface area contributed by atoms with Gasteiger partial charge in [-0.1, -0.05) is 12.8 Å². The molecule has 95 valence electrons. The van der Waals surface area contributed by atoms with Crippen molar-refractivity contribution in [1.82, 2.24) is 10.4 Å². The van der Waals surface area contributed by atoms with Gasteiger partial charge in [0.2, 0.25) is 0 Å². The van der Waals surface area contributed by atoms with Crippen molar-refractivity contribution < 1.29 is 52.6 Å². The van der Waals surface area contributed by atoms with E-state index in [1.54, 1.807) is 0 Å². The van der Waals surface area contributed by atoms with E-state index in [-0.39, 0.29) is 32.7 Å². The van der Waals surface area contributed by atoms with Crippen molar-refractivity contribution in [3.05, 3.63) is 6.61 Å². The molecule has 0 bridgehead atoms. The van der Waals surface area contributed by atoms with Crippen LogP contribution in [0.4, 0.5) is 0 Å². The Balaban J connectivity index is 0.00000256. The maximum atomic E-state index is 11.6. The molecule has 2 atom stereocenters. The van der Waals surface area contributed by atoms with Crippen LogP contribution in [-0.4, -0.2) is 39.8 Å². The monoisotopic (exact) mass is 318 g/mol. The molecule has 0 saturated carbocycles. The Kier molecular flexibility index (Phi) is 8.12. The maximum absolute atomic E-state index is 11.6. The SMILES string of the molecule is C[C@@H]([CH-]O)C(=O)N[C@H]1CCCCN(O)C1=O.[Y]. The summed E-state index contributed by atoms with van der Waals surface area (Å²) >= 11 is 0. The van der Waals surface area contributed by atoms with Gasteiger partial charge in [-0.2, -0.15) is 0 Å². The number of rotatable bonds is 3. The van der Waals surface area contributed by atoms with Crippen molar-refractivity contribution in [2.24, 2.45) is 5.92 Å². The van der Waals surface area contributed by atoms with Crippen LogP contribution >= 0.6 is 0 Å². The minimum atomic E-state index is -0.692. The van der Waals surface area contributed by atoms with E-state index in [2.05, 4.69) is 5.32 Å². The molecule has 2 amide bonds. The van der Waals surface area contributed by atoms with Gasteiger partial charge < -0.3 is 10.4 Å². The summed E-state index contributed by atoms with van der Waals surface area (Å²) in [5, 5.41) is 21.1. The Morgan fingerprint density at radius 1 is 1.59 bits per heavy atom. The van der Waals surface area contributed by atoms with Gasteiger partial charge in [0, 0.05) is 39.3 Å². The van der Waals surface area contributed by atoms with Crippen LogP contribution in [0.3, 0.4) is 0 Å². The van der Waals surface area contributed by atoms with Crippen LogP contribution in [0.15, 0.2) is 0 Å². The van der Waals surface area contributed by atoms with Crippen LogP contribution < -0.4 is 5.32 Å². The van der Waals surface area contributed by atoms with Gasteiger partial charge in [-0.25, -0.2) is 11.7 Å². The van der Waals surface area contributed by atoms with E-state index in [9.17, 15) is 14.8 Å². The van der Waals surface area contributed by atoms with Gasteiger partial charge >= 0.3 is 0 Å². The second-order valence-corrected chi connectivity index (χ2v) is 3.96. The van der Waals surface area contributed by atoms with Gasteiger partial charge in [-0.15, -0.1) is 0 Å². The molecular weight excluding hydrogens is 301 g/mol. The standard InChI is InChI=1S/C10H17N2O4.Y/c1-7(6-13)9(14)11-8-4-2-3-5-12(16)10(8)15;/h6-8,13,16H,2-5H2,1H3,(H,11,14);/q-1;/t7-,8-;/m0./s1. The molecule has 0 aliphatic carbocycles. The van der Waals surface area contributed by atoms with Crippen molar-refractivity contribution in [3.8, 4) is 0 Å². The third-order valence-corrected chi connectivity index (χ3v) is 2.62. The van der Waals surface area contributed by atoms with Crippen molar-refractivity contribution in [1.29, 1.82) is 0 Å². The summed E-state index contributed by atoms with van der Waals surface area (Å²) < 4.78 is 0. The third kappa shape index (κ3) is 4.99. The Hall–Kier alpha value is -0.0361. The fourth-order valence-corrected chi connectivity index (χ4v) is 1.53. The summed E-state index contributed by atoms with van der Waals surface area (Å²) in [6.45, 7) is 2.59. The Morgan fingerprint density at radius 2 is 2.24 bits per heavy atom. The van der Waals surface area contributed by atoms with E-state index in [0.29, 0.717) is 18.0 Å². The molecule has 7 heteroatoms. The van der Waals surface area contributed by atoms with Gasteiger partial charge in [-0.05, 0) is 19.3 Å². The number of hydrogen-bond donors (Lipinski definition) is 3. The van der Waals surface area contributed by atoms with E-state index in [1.807, 2.05) is 0 Å². The molecule has 1 aliphatic heterocycles. The Morgan fingerprint density at radius 3 is 2.82 bits per heavy atom. The number of carbonyl (C=O) groups excluding carboxylic acids is 2. The zero-order chi connectivity index (χ0) is 12.1. The summed E-state index contributed by atoms with van der Waals surface area (Å²) in [6, 6.07) is -0.692. The van der Waals surface area contributed by atoms with E-state index in [0.717, 1.165) is 19.4 Å². The smallest absolute Gasteiger partial charge is 0.268 e. The first-order valence-electron chi connectivity index (χ1n) is 5.34. The summed E-state index contributed by atoms with van der Waals surface area (Å²) in [6.07, 6.45) is 2.00. The number of hydroxylamine groups is 2. The number of carbonyl (C=O) groups is 2. The first kappa shape index (κ1) is 17.0. The summed E-state index contributed by atoms with van der Waals surface area (Å²) in [7, 11) is 0. The fourth-order valence-electron chi connectivity index (χ4n) is 1.53. The fraction of sp³-hybridized carbons (Fsp3) is 0.700. The van der Waals surface area contributed by atoms with Crippen molar-refractivity contribution in [2.45, 2.75) is 32.2 Å². The number of hydrogen-bond acceptors (Lipinski definition) is 4. The zero-order valence-electron chi connectivity index (χ0n) is 9.80. The van der Waals surface area contributed by atoms with Gasteiger partial charge in [0.05, 0.1) is 0 Å². The average molecular weight is 318 g/mol. The number of amides is 2. The summed E-state index contributed by atoms with van der Waals surface area (Å²) in [4.78, 5) is 23.0. The number of nitrogens with one attached hydrogen (secondary N) is 1. The second kappa shape index (κ2) is 8.13. The van der Waals surface area contributed by atoms with Crippen LogP contribution in [0.1, 0.15) is 26.2 Å². The molecule has 1 radical (unpaired) electrons. The minimum Gasteiger partial charge on any atom is -0.565 e. The van der Waals surface area contributed by atoms with Crippen molar-refractivity contribution in [2.75, 3.05) is 6.54 Å². The molecule has 0 aromatic rings. The van der Waals surface area contributed by atoms with Gasteiger partial charge in [-0.3, -0.25) is 14.8 Å². The molecule has 1 saturated heterocycles. The molecule has 0 aromatic heterocycles. The quantitative estimate of drug-likeness (QED) is 0.506. The summed E-state index contributed by atoms with van der Waals surface area (Å²) in [5.41, 5.74) is 0. The van der Waals surface area contributed by atoms with Crippen LogP contribution in [0, 0.1) is 12.5 Å². The Labute approximate surface area is 126 Å². The first-order valence-corrected chi connectivity index (χ1v) is 5.34. The van der Waals surface area contributed by atoms with E-state index in [4.69, 9.17) is 5.11 Å². The predicted molar refractivity (Wildman–Crippen MR) is 54.7 cm³/mol. The molecule has 1 rings (SSSR count). The van der Waals surface area contributed by atoms with Crippen LogP contribution in [-0.2, 0) is 42.3 Å².